The molecule has 0 aliphatic carbocycles. The topological polar surface area (TPSA) is 101 Å². The smallest absolute Gasteiger partial charge is 0.249 e. The van der Waals surface area contributed by atoms with Crippen LogP contribution in [0.25, 0.3) is 0 Å². The molecule has 0 aliphatic rings. The first kappa shape index (κ1) is 13.7. The summed E-state index contributed by atoms with van der Waals surface area (Å²) >= 11 is 0. The largest absolute Gasteiger partial charge is 0.366 e. The number of halogens is 1. The molecule has 4 N–H and O–H groups in total. The zero-order valence-corrected chi connectivity index (χ0v) is 10.5. The molecule has 0 saturated carbocycles. The fourth-order valence-corrected chi connectivity index (χ4v) is 1.77. The molecule has 0 radical (unpaired) electrons. The van der Waals surface area contributed by atoms with E-state index in [1.165, 1.54) is 18.3 Å². The first-order valence-electron chi connectivity index (χ1n) is 5.93. The minimum absolute atomic E-state index is 0.0933. The highest BCUT2D eigenvalue weighted by atomic mass is 19.1. The van der Waals surface area contributed by atoms with Crippen LogP contribution >= 0.6 is 0 Å². The van der Waals surface area contributed by atoms with Crippen molar-refractivity contribution in [3.8, 4) is 0 Å². The lowest BCUT2D eigenvalue weighted by molar-refractivity contribution is -0.116. The minimum Gasteiger partial charge on any atom is -0.366 e. The number of amides is 2. The van der Waals surface area contributed by atoms with Crippen molar-refractivity contribution >= 4 is 17.8 Å². The fourth-order valence-electron chi connectivity index (χ4n) is 1.77. The van der Waals surface area contributed by atoms with Crippen molar-refractivity contribution in [2.45, 2.75) is 12.8 Å². The Morgan fingerprint density at radius 3 is 2.85 bits per heavy atom. The highest BCUT2D eigenvalue weighted by molar-refractivity contribution is 5.95. The number of carbonyl (C=O) groups is 2. The predicted molar refractivity (Wildman–Crippen MR) is 70.5 cm³/mol. The van der Waals surface area contributed by atoms with Crippen molar-refractivity contribution in [1.82, 2.24) is 9.97 Å². The number of nitrogens with two attached hydrogens (primary N) is 1. The van der Waals surface area contributed by atoms with Crippen molar-refractivity contribution in [2.75, 3.05) is 5.32 Å². The van der Waals surface area contributed by atoms with Crippen molar-refractivity contribution in [3.63, 3.8) is 0 Å². The maximum absolute atomic E-state index is 13.1. The Kier molecular flexibility index (Phi) is 4.09. The fraction of sp³-hybridized carbons (Fsp3) is 0.154. The number of anilines is 1. The highest BCUT2D eigenvalue weighted by Gasteiger charge is 2.11. The van der Waals surface area contributed by atoms with Crippen molar-refractivity contribution < 1.29 is 14.0 Å². The van der Waals surface area contributed by atoms with Gasteiger partial charge in [0.25, 0.3) is 0 Å². The van der Waals surface area contributed by atoms with E-state index >= 15 is 0 Å². The number of carbonyl (C=O) groups excluding carboxylic acids is 2. The molecule has 7 heteroatoms. The summed E-state index contributed by atoms with van der Waals surface area (Å²) in [5, 5.41) is 2.56. The second-order valence-corrected chi connectivity index (χ2v) is 4.15. The number of nitrogens with zero attached hydrogens (tertiary/aromatic N) is 1. The number of aromatic nitrogens is 2. The SMILES string of the molecule is NC(=O)c1cc(F)ccc1CCC(=O)Nc1ncc[nH]1. The summed E-state index contributed by atoms with van der Waals surface area (Å²) in [6.07, 6.45) is 3.51. The maximum Gasteiger partial charge on any atom is 0.249 e. The number of H-pyrrole nitrogens is 1. The van der Waals surface area contributed by atoms with Gasteiger partial charge in [0, 0.05) is 24.4 Å². The number of benzene rings is 1. The molecule has 1 aromatic carbocycles. The Balaban J connectivity index is 2.00. The standard InChI is InChI=1S/C13H13FN4O2/c14-9-3-1-8(10(7-9)12(15)20)2-4-11(19)18-13-16-5-6-17-13/h1,3,5-7H,2,4H2,(H2,15,20)(H2,16,17,18,19). The zero-order chi connectivity index (χ0) is 14.5. The van der Waals surface area contributed by atoms with Crippen LogP contribution in [0.4, 0.5) is 10.3 Å². The van der Waals surface area contributed by atoms with Gasteiger partial charge in [-0.05, 0) is 24.1 Å². The van der Waals surface area contributed by atoms with Crippen LogP contribution in [-0.4, -0.2) is 21.8 Å². The van der Waals surface area contributed by atoms with E-state index in [1.807, 2.05) is 0 Å². The third kappa shape index (κ3) is 3.41. The molecule has 0 aliphatic heterocycles. The van der Waals surface area contributed by atoms with Gasteiger partial charge in [0.1, 0.15) is 5.82 Å². The summed E-state index contributed by atoms with van der Waals surface area (Å²) in [5.41, 5.74) is 5.81. The maximum atomic E-state index is 13.1. The van der Waals surface area contributed by atoms with Gasteiger partial charge in [0.15, 0.2) is 0 Å². The molecular formula is C13H13FN4O2. The van der Waals surface area contributed by atoms with Gasteiger partial charge in [0.05, 0.1) is 0 Å². The van der Waals surface area contributed by atoms with Crippen LogP contribution < -0.4 is 11.1 Å². The van der Waals surface area contributed by atoms with Gasteiger partial charge >= 0.3 is 0 Å². The molecule has 20 heavy (non-hydrogen) atoms. The van der Waals surface area contributed by atoms with Crippen LogP contribution in [0.15, 0.2) is 30.6 Å². The minimum atomic E-state index is -0.717. The zero-order valence-electron chi connectivity index (χ0n) is 10.5. The lowest BCUT2D eigenvalue weighted by atomic mass is 10.0. The molecule has 6 nitrogen and oxygen atoms in total. The quantitative estimate of drug-likeness (QED) is 0.765. The molecule has 0 spiro atoms. The average molecular weight is 276 g/mol. The van der Waals surface area contributed by atoms with E-state index in [1.54, 1.807) is 6.20 Å². The number of nitrogens with one attached hydrogen (secondary N) is 2. The Labute approximate surface area is 114 Å². The molecule has 2 aromatic rings. The van der Waals surface area contributed by atoms with E-state index in [0.717, 1.165) is 6.07 Å². The number of hydrogen-bond acceptors (Lipinski definition) is 3. The number of rotatable bonds is 5. The monoisotopic (exact) mass is 276 g/mol. The Morgan fingerprint density at radius 1 is 1.40 bits per heavy atom. The number of aryl methyl sites for hydroxylation is 1. The summed E-state index contributed by atoms with van der Waals surface area (Å²) in [5.74, 6) is -1.17. The van der Waals surface area contributed by atoms with Crippen molar-refractivity contribution in [2.24, 2.45) is 5.73 Å². The summed E-state index contributed by atoms with van der Waals surface area (Å²) in [7, 11) is 0. The number of aromatic amines is 1. The lowest BCUT2D eigenvalue weighted by Gasteiger charge is -2.07. The predicted octanol–water partition coefficient (Wildman–Crippen LogP) is 1.22. The van der Waals surface area contributed by atoms with Crippen LogP contribution in [-0.2, 0) is 11.2 Å². The first-order chi connectivity index (χ1) is 9.56. The molecule has 1 aromatic heterocycles. The second kappa shape index (κ2) is 5.96. The van der Waals surface area contributed by atoms with Gasteiger partial charge in [-0.1, -0.05) is 6.07 Å². The van der Waals surface area contributed by atoms with Gasteiger partial charge in [-0.2, -0.15) is 0 Å². The van der Waals surface area contributed by atoms with E-state index in [-0.39, 0.29) is 24.3 Å². The summed E-state index contributed by atoms with van der Waals surface area (Å²) in [6.45, 7) is 0. The molecule has 2 amide bonds. The molecule has 0 saturated heterocycles. The molecule has 0 fully saturated rings. The van der Waals surface area contributed by atoms with Gasteiger partial charge in [-0.25, -0.2) is 9.37 Å². The number of primary amides is 1. The molecule has 2 rings (SSSR count). The van der Waals surface area contributed by atoms with E-state index < -0.39 is 11.7 Å². The second-order valence-electron chi connectivity index (χ2n) is 4.15. The van der Waals surface area contributed by atoms with Gasteiger partial charge < -0.3 is 10.7 Å². The van der Waals surface area contributed by atoms with Crippen molar-refractivity contribution in [1.29, 1.82) is 0 Å². The molecular weight excluding hydrogens is 263 g/mol. The van der Waals surface area contributed by atoms with E-state index in [2.05, 4.69) is 15.3 Å². The lowest BCUT2D eigenvalue weighted by Crippen LogP contribution is -2.17. The molecule has 0 atom stereocenters. The van der Waals surface area contributed by atoms with E-state index in [9.17, 15) is 14.0 Å². The normalized spacial score (nSPS) is 10.2. The Bertz CT molecular complexity index is 625. The van der Waals surface area contributed by atoms with Crippen LogP contribution in [0.1, 0.15) is 22.3 Å². The van der Waals surface area contributed by atoms with Crippen molar-refractivity contribution in [3.05, 3.63) is 47.5 Å². The van der Waals surface area contributed by atoms with Crippen LogP contribution in [0.2, 0.25) is 0 Å². The Hall–Kier alpha value is -2.70. The number of imidazole rings is 1. The summed E-state index contributed by atoms with van der Waals surface area (Å²) in [6, 6.07) is 3.75. The summed E-state index contributed by atoms with van der Waals surface area (Å²) in [4.78, 5) is 29.5. The molecule has 104 valence electrons. The molecule has 0 unspecified atom stereocenters. The van der Waals surface area contributed by atoms with Crippen LogP contribution in [0, 0.1) is 5.82 Å². The third-order valence-electron chi connectivity index (χ3n) is 2.71. The molecule has 1 heterocycles. The van der Waals surface area contributed by atoms with E-state index in [4.69, 9.17) is 5.73 Å². The van der Waals surface area contributed by atoms with Gasteiger partial charge in [-0.15, -0.1) is 0 Å². The highest BCUT2D eigenvalue weighted by Crippen LogP contribution is 2.13. The Morgan fingerprint density at radius 2 is 2.20 bits per heavy atom. The van der Waals surface area contributed by atoms with E-state index in [0.29, 0.717) is 11.5 Å². The van der Waals surface area contributed by atoms with Crippen LogP contribution in [0.5, 0.6) is 0 Å². The average Bonchev–Trinajstić information content (AvgIpc) is 2.90. The summed E-state index contributed by atoms with van der Waals surface area (Å²) < 4.78 is 13.1. The number of hydrogen-bond donors (Lipinski definition) is 3. The molecule has 0 bridgehead atoms. The van der Waals surface area contributed by atoms with Gasteiger partial charge in [0.2, 0.25) is 17.8 Å². The van der Waals surface area contributed by atoms with Crippen LogP contribution in [0.3, 0.4) is 0 Å². The first-order valence-corrected chi connectivity index (χ1v) is 5.93. The third-order valence-corrected chi connectivity index (χ3v) is 2.71. The van der Waals surface area contributed by atoms with Gasteiger partial charge in [-0.3, -0.25) is 14.9 Å².